The molecular weight excluding hydrogens is 533 g/mol. The maximum atomic E-state index is 13.7. The lowest BCUT2D eigenvalue weighted by Gasteiger charge is -2.28. The molecule has 11 heteroatoms. The minimum atomic E-state index is -1.88. The van der Waals surface area contributed by atoms with Crippen molar-refractivity contribution in [3.8, 4) is 11.5 Å². The molecule has 36 heavy (non-hydrogen) atoms. The summed E-state index contributed by atoms with van der Waals surface area (Å²) < 4.78 is 13.9. The zero-order chi connectivity index (χ0) is 26.2. The van der Waals surface area contributed by atoms with Crippen molar-refractivity contribution in [2.45, 2.75) is 35.2 Å². The fourth-order valence-electron chi connectivity index (χ4n) is 4.45. The number of aliphatic hydroxyl groups excluding tert-OH is 1. The Bertz CT molecular complexity index is 1230. The molecule has 2 aliphatic rings. The Hall–Kier alpha value is -2.78. The van der Waals surface area contributed by atoms with Crippen molar-refractivity contribution in [3.63, 3.8) is 0 Å². The van der Waals surface area contributed by atoms with E-state index in [4.69, 9.17) is 49.0 Å². The molecule has 190 valence electrons. The van der Waals surface area contributed by atoms with Gasteiger partial charge in [-0.15, -0.1) is 0 Å². The van der Waals surface area contributed by atoms with E-state index in [2.05, 4.69) is 0 Å². The van der Waals surface area contributed by atoms with Gasteiger partial charge in [0.15, 0.2) is 11.5 Å². The molecule has 2 aromatic rings. The van der Waals surface area contributed by atoms with E-state index in [0.717, 1.165) is 11.1 Å². The lowest BCUT2D eigenvalue weighted by Crippen LogP contribution is -2.43. The summed E-state index contributed by atoms with van der Waals surface area (Å²) in [6.07, 6.45) is 0.554. The number of ether oxygens (including phenoxy) is 3. The number of methoxy groups -OCH3 is 1. The van der Waals surface area contributed by atoms with Gasteiger partial charge in [-0.3, -0.25) is 14.4 Å². The highest BCUT2D eigenvalue weighted by Gasteiger charge is 2.48. The molecule has 2 aromatic carbocycles. The number of aliphatic hydroxyl groups is 1. The van der Waals surface area contributed by atoms with Crippen molar-refractivity contribution in [1.29, 1.82) is 0 Å². The average molecular weight is 555 g/mol. The Kier molecular flexibility index (Phi) is 7.52. The zero-order valence-corrected chi connectivity index (χ0v) is 21.5. The van der Waals surface area contributed by atoms with E-state index in [-0.39, 0.29) is 29.0 Å². The van der Waals surface area contributed by atoms with Crippen molar-refractivity contribution < 1.29 is 33.7 Å². The number of halogens is 3. The number of nitrogens with zero attached hydrogens (tertiary/aromatic N) is 1. The number of esters is 2. The molecule has 2 unspecified atom stereocenters. The first-order chi connectivity index (χ1) is 17.0. The van der Waals surface area contributed by atoms with Gasteiger partial charge in [0.1, 0.15) is 12.5 Å². The molecule has 1 amide bonds. The monoisotopic (exact) mass is 553 g/mol. The molecule has 0 aromatic heterocycles. The number of hydrogen-bond acceptors (Lipinski definition) is 7. The Morgan fingerprint density at radius 1 is 1.14 bits per heavy atom. The lowest BCUT2D eigenvalue weighted by molar-refractivity contribution is -0.149. The second kappa shape index (κ2) is 10.3. The van der Waals surface area contributed by atoms with Gasteiger partial charge in [-0.05, 0) is 35.3 Å². The van der Waals surface area contributed by atoms with Crippen molar-refractivity contribution in [1.82, 2.24) is 4.90 Å². The van der Waals surface area contributed by atoms with Crippen LogP contribution >= 0.6 is 34.8 Å². The van der Waals surface area contributed by atoms with Gasteiger partial charge in [-0.2, -0.15) is 0 Å². The Labute approximate surface area is 222 Å². The first-order valence-corrected chi connectivity index (χ1v) is 12.0. The summed E-state index contributed by atoms with van der Waals surface area (Å²) >= 11 is 17.3. The molecule has 0 aliphatic carbocycles. The van der Waals surface area contributed by atoms with Crippen LogP contribution in [-0.2, 0) is 14.3 Å². The minimum absolute atomic E-state index is 0.0227. The molecule has 4 rings (SSSR count). The Morgan fingerprint density at radius 2 is 1.83 bits per heavy atom. The van der Waals surface area contributed by atoms with E-state index in [9.17, 15) is 19.5 Å². The number of carbonyl (C=O) groups is 3. The van der Waals surface area contributed by atoms with Crippen molar-refractivity contribution >= 4 is 58.2 Å². The van der Waals surface area contributed by atoms with Crippen LogP contribution in [0, 0.1) is 0 Å². The van der Waals surface area contributed by atoms with Gasteiger partial charge in [-0.1, -0.05) is 65.1 Å². The van der Waals surface area contributed by atoms with Gasteiger partial charge in [-0.25, -0.2) is 0 Å². The molecule has 2 heterocycles. The summed E-state index contributed by atoms with van der Waals surface area (Å²) in [5.41, 5.74) is 1.87. The van der Waals surface area contributed by atoms with E-state index in [1.54, 1.807) is 6.20 Å². The lowest BCUT2D eigenvalue weighted by atomic mass is 9.86. The third-order valence-electron chi connectivity index (χ3n) is 5.98. The normalized spacial score (nSPS) is 21.2. The number of amides is 1. The highest BCUT2D eigenvalue weighted by Crippen LogP contribution is 2.44. The number of carbonyl (C=O) groups excluding carboxylic acids is 3. The van der Waals surface area contributed by atoms with Gasteiger partial charge in [0, 0.05) is 18.7 Å². The zero-order valence-electron chi connectivity index (χ0n) is 19.2. The number of hydrogen-bond donors (Lipinski definition) is 1. The van der Waals surface area contributed by atoms with E-state index in [0.29, 0.717) is 0 Å². The quantitative estimate of drug-likeness (QED) is 0.335. The van der Waals surface area contributed by atoms with Crippen LogP contribution in [0.15, 0.2) is 48.7 Å². The first-order valence-electron chi connectivity index (χ1n) is 10.9. The SMILES string of the molecule is COc1cc2c(cc1OC(C)=O)C(C(=O)OCC(Cl)(Cl)Cl)C(O)[C@H]1CC(c3ccccc3)=CN1C2=O. The fraction of sp³-hybridized carbons (Fsp3) is 0.320. The van der Waals surface area contributed by atoms with Gasteiger partial charge < -0.3 is 24.2 Å². The maximum Gasteiger partial charge on any atom is 0.316 e. The number of alkyl halides is 3. The molecule has 0 bridgehead atoms. The summed E-state index contributed by atoms with van der Waals surface area (Å²) in [6, 6.07) is 11.3. The Balaban J connectivity index is 1.84. The average Bonchev–Trinajstić information content (AvgIpc) is 3.25. The molecule has 1 N–H and O–H groups in total. The standard InChI is InChI=1S/C25H22Cl3NO7/c1-13(30)36-20-9-16-17(10-19(20)34-2)23(32)29-11-15(14-6-4-3-5-7-14)8-18(29)22(31)21(16)24(33)35-12-25(26,27)28/h3-7,9-11,18,21-22,31H,8,12H2,1-2H3/t18-,21?,22?/m1/s1. The summed E-state index contributed by atoms with van der Waals surface area (Å²) in [5.74, 6) is -3.29. The van der Waals surface area contributed by atoms with Crippen molar-refractivity contribution in [3.05, 3.63) is 65.4 Å². The molecular formula is C25H22Cl3NO7. The molecule has 0 spiro atoms. The molecule has 0 radical (unpaired) electrons. The summed E-state index contributed by atoms with van der Waals surface area (Å²) in [6.45, 7) is 0.627. The van der Waals surface area contributed by atoms with E-state index in [1.807, 2.05) is 30.3 Å². The summed E-state index contributed by atoms with van der Waals surface area (Å²) in [7, 11) is 1.35. The number of fused-ring (bicyclic) bond motifs is 2. The first kappa shape index (κ1) is 26.3. The molecule has 0 saturated heterocycles. The van der Waals surface area contributed by atoms with Gasteiger partial charge >= 0.3 is 11.9 Å². The minimum Gasteiger partial charge on any atom is -0.493 e. The smallest absolute Gasteiger partial charge is 0.316 e. The van der Waals surface area contributed by atoms with Crippen LogP contribution in [0.4, 0.5) is 0 Å². The van der Waals surface area contributed by atoms with E-state index < -0.39 is 46.3 Å². The Morgan fingerprint density at radius 3 is 2.44 bits per heavy atom. The summed E-state index contributed by atoms with van der Waals surface area (Å²) in [5, 5.41) is 11.5. The van der Waals surface area contributed by atoms with E-state index >= 15 is 0 Å². The topological polar surface area (TPSA) is 102 Å². The molecule has 0 saturated carbocycles. The molecule has 8 nitrogen and oxygen atoms in total. The van der Waals surface area contributed by atoms with Crippen LogP contribution in [0.3, 0.4) is 0 Å². The van der Waals surface area contributed by atoms with Crippen molar-refractivity contribution in [2.75, 3.05) is 13.7 Å². The highest BCUT2D eigenvalue weighted by atomic mass is 35.6. The summed E-state index contributed by atoms with van der Waals surface area (Å²) in [4.78, 5) is 40.0. The molecule has 0 fully saturated rings. The maximum absolute atomic E-state index is 13.7. The molecule has 2 aliphatic heterocycles. The van der Waals surface area contributed by atoms with Gasteiger partial charge in [0.2, 0.25) is 3.79 Å². The fourth-order valence-corrected chi connectivity index (χ4v) is 4.61. The van der Waals surface area contributed by atoms with E-state index in [1.165, 1.54) is 31.1 Å². The van der Waals surface area contributed by atoms with Crippen molar-refractivity contribution in [2.24, 2.45) is 0 Å². The van der Waals surface area contributed by atoms with Gasteiger partial charge in [0.25, 0.3) is 5.91 Å². The largest absolute Gasteiger partial charge is 0.493 e. The van der Waals surface area contributed by atoms with Gasteiger partial charge in [0.05, 0.1) is 19.3 Å². The predicted molar refractivity (Wildman–Crippen MR) is 133 cm³/mol. The highest BCUT2D eigenvalue weighted by molar-refractivity contribution is 6.67. The third kappa shape index (κ3) is 5.32. The third-order valence-corrected chi connectivity index (χ3v) is 6.31. The predicted octanol–water partition coefficient (Wildman–Crippen LogP) is 4.25. The second-order valence-electron chi connectivity index (χ2n) is 8.38. The van der Waals surface area contributed by atoms with Crippen LogP contribution in [0.5, 0.6) is 11.5 Å². The number of benzene rings is 2. The number of rotatable bonds is 5. The van der Waals surface area contributed by atoms with Crippen LogP contribution in [0.2, 0.25) is 0 Å². The van der Waals surface area contributed by atoms with Crippen LogP contribution in [0.25, 0.3) is 5.57 Å². The van der Waals surface area contributed by atoms with Crippen LogP contribution in [0.1, 0.15) is 40.7 Å². The molecule has 3 atom stereocenters. The van der Waals surface area contributed by atoms with Crippen LogP contribution in [-0.4, -0.2) is 57.5 Å². The van der Waals surface area contributed by atoms with Crippen LogP contribution < -0.4 is 9.47 Å². The second-order valence-corrected chi connectivity index (χ2v) is 10.9.